The lowest BCUT2D eigenvalue weighted by Gasteiger charge is -2.03. The van der Waals surface area contributed by atoms with Crippen LogP contribution in [0.5, 0.6) is 11.6 Å². The average Bonchev–Trinajstić information content (AvgIpc) is 2.94. The summed E-state index contributed by atoms with van der Waals surface area (Å²) in [5, 5.41) is 19.6. The van der Waals surface area contributed by atoms with Gasteiger partial charge in [-0.15, -0.1) is 5.10 Å². The van der Waals surface area contributed by atoms with Crippen molar-refractivity contribution in [1.82, 2.24) is 15.4 Å². The van der Waals surface area contributed by atoms with Crippen LogP contribution in [0.1, 0.15) is 29.9 Å². The first-order valence-electron chi connectivity index (χ1n) is 6.48. The minimum absolute atomic E-state index is 0.127. The Labute approximate surface area is 132 Å². The minimum atomic E-state index is -3.48. The van der Waals surface area contributed by atoms with E-state index >= 15 is 0 Å². The van der Waals surface area contributed by atoms with E-state index in [-0.39, 0.29) is 17.3 Å². The Kier molecular flexibility index (Phi) is 4.66. The molecule has 0 aliphatic heterocycles. The topological polar surface area (TPSA) is 122 Å². The number of carbonyl (C=O) groups is 1. The molecule has 23 heavy (non-hydrogen) atoms. The van der Waals surface area contributed by atoms with Crippen molar-refractivity contribution in [3.63, 3.8) is 0 Å². The maximum atomic E-state index is 11.7. The van der Waals surface area contributed by atoms with Gasteiger partial charge in [-0.3, -0.25) is 0 Å². The molecule has 0 aliphatic carbocycles. The fourth-order valence-electron chi connectivity index (χ4n) is 1.43. The van der Waals surface area contributed by atoms with Gasteiger partial charge in [0.05, 0.1) is 5.25 Å². The van der Waals surface area contributed by atoms with Crippen LogP contribution in [-0.4, -0.2) is 40.2 Å². The van der Waals surface area contributed by atoms with E-state index in [1.807, 2.05) is 0 Å². The second-order valence-electron chi connectivity index (χ2n) is 4.75. The van der Waals surface area contributed by atoms with Crippen LogP contribution in [0, 0.1) is 11.2 Å². The molecule has 120 valence electrons. The molecule has 0 bridgehead atoms. The van der Waals surface area contributed by atoms with Gasteiger partial charge in [-0.25, -0.2) is 18.3 Å². The second-order valence-corrected chi connectivity index (χ2v) is 6.98. The number of H-pyrrole nitrogens is 1. The first-order chi connectivity index (χ1) is 10.8. The number of carboxylic acid groups (broad SMARTS) is 1. The predicted molar refractivity (Wildman–Crippen MR) is 80.8 cm³/mol. The monoisotopic (exact) mass is 335 g/mol. The summed E-state index contributed by atoms with van der Waals surface area (Å²) in [7, 11) is -3.48. The number of aromatic carboxylic acids is 1. The Bertz CT molecular complexity index is 890. The Balaban J connectivity index is 2.26. The number of hydrogen-bond donors (Lipinski definition) is 2. The highest BCUT2D eigenvalue weighted by Crippen LogP contribution is 2.22. The zero-order chi connectivity index (χ0) is 17.0. The van der Waals surface area contributed by atoms with Crippen LogP contribution in [0.2, 0.25) is 0 Å². The van der Waals surface area contributed by atoms with Crippen molar-refractivity contribution in [2.45, 2.75) is 19.1 Å². The zero-order valence-corrected chi connectivity index (χ0v) is 13.1. The minimum Gasteiger partial charge on any atom is -0.476 e. The van der Waals surface area contributed by atoms with E-state index in [4.69, 9.17) is 9.84 Å². The number of ether oxygens (including phenoxy) is 1. The predicted octanol–water partition coefficient (Wildman–Crippen LogP) is 1.43. The Hall–Kier alpha value is -2.86. The van der Waals surface area contributed by atoms with E-state index in [1.165, 1.54) is 6.07 Å². The van der Waals surface area contributed by atoms with Gasteiger partial charge in [0.25, 0.3) is 5.88 Å². The van der Waals surface area contributed by atoms with Crippen molar-refractivity contribution < 1.29 is 23.1 Å². The molecule has 2 N–H and O–H groups in total. The lowest BCUT2D eigenvalue weighted by Crippen LogP contribution is -2.10. The number of aromatic nitrogens is 3. The van der Waals surface area contributed by atoms with E-state index in [0.717, 1.165) is 0 Å². The Morgan fingerprint density at radius 3 is 2.78 bits per heavy atom. The number of sulfone groups is 1. The van der Waals surface area contributed by atoms with Crippen molar-refractivity contribution in [3.05, 3.63) is 35.5 Å². The highest BCUT2D eigenvalue weighted by molar-refractivity contribution is 7.96. The van der Waals surface area contributed by atoms with E-state index in [2.05, 4.69) is 26.6 Å². The summed E-state index contributed by atoms with van der Waals surface area (Å²) in [5.41, 5.74) is 0.0555. The van der Waals surface area contributed by atoms with E-state index in [0.29, 0.717) is 5.56 Å². The summed E-state index contributed by atoms with van der Waals surface area (Å²) in [6.45, 7) is 3.09. The van der Waals surface area contributed by atoms with Gasteiger partial charge < -0.3 is 9.84 Å². The highest BCUT2D eigenvalue weighted by Gasteiger charge is 2.17. The molecule has 0 unspecified atom stereocenters. The van der Waals surface area contributed by atoms with Gasteiger partial charge >= 0.3 is 5.97 Å². The third kappa shape index (κ3) is 4.08. The van der Waals surface area contributed by atoms with Gasteiger partial charge in [0.1, 0.15) is 5.75 Å². The summed E-state index contributed by atoms with van der Waals surface area (Å²) in [4.78, 5) is 10.9. The molecule has 9 heteroatoms. The van der Waals surface area contributed by atoms with Crippen LogP contribution in [-0.2, 0) is 9.84 Å². The molecule has 1 heterocycles. The van der Waals surface area contributed by atoms with Gasteiger partial charge in [0, 0.05) is 10.8 Å². The van der Waals surface area contributed by atoms with E-state index < -0.39 is 21.1 Å². The van der Waals surface area contributed by atoms with Gasteiger partial charge in [-0.2, -0.15) is 0 Å². The number of aromatic amines is 1. The molecule has 0 radical (unpaired) electrons. The van der Waals surface area contributed by atoms with Crippen LogP contribution >= 0.6 is 0 Å². The van der Waals surface area contributed by atoms with Crippen LogP contribution in [0.25, 0.3) is 0 Å². The molecule has 2 aromatic rings. The van der Waals surface area contributed by atoms with Gasteiger partial charge in [-0.1, -0.05) is 11.3 Å². The molecule has 0 fully saturated rings. The largest absolute Gasteiger partial charge is 0.476 e. The van der Waals surface area contributed by atoms with Crippen molar-refractivity contribution in [2.75, 3.05) is 0 Å². The number of benzene rings is 1. The number of carboxylic acids is 1. The number of hydrogen-bond acceptors (Lipinski definition) is 6. The summed E-state index contributed by atoms with van der Waals surface area (Å²) in [5.74, 6) is 1.41. The lowest BCUT2D eigenvalue weighted by atomic mass is 10.2. The smallest absolute Gasteiger partial charge is 0.362 e. The number of rotatable bonds is 4. The van der Waals surface area contributed by atoms with Crippen LogP contribution in [0.15, 0.2) is 24.3 Å². The normalized spacial score (nSPS) is 10.9. The summed E-state index contributed by atoms with van der Waals surface area (Å²) >= 11 is 0. The molecule has 2 rings (SSSR count). The summed E-state index contributed by atoms with van der Waals surface area (Å²) < 4.78 is 28.7. The molecule has 1 aromatic heterocycles. The summed E-state index contributed by atoms with van der Waals surface area (Å²) in [6.07, 6.45) is 0. The Morgan fingerprint density at radius 1 is 1.39 bits per heavy atom. The maximum Gasteiger partial charge on any atom is 0.362 e. The van der Waals surface area contributed by atoms with E-state index in [9.17, 15) is 13.2 Å². The molecule has 0 atom stereocenters. The Morgan fingerprint density at radius 2 is 2.13 bits per heavy atom. The van der Waals surface area contributed by atoms with Crippen molar-refractivity contribution >= 4 is 15.8 Å². The molecule has 0 saturated carbocycles. The standard InChI is InChI=1S/C14H13N3O5S/c1-9(2)23(20,21)7-6-10-4-3-5-11(8-10)22-13-12(14(18)19)15-17-16-13/h3-5,8-9H,1-2H3,(H,18,19)(H,15,16,17). The average molecular weight is 335 g/mol. The molecule has 1 aromatic carbocycles. The molecule has 0 amide bonds. The first kappa shape index (κ1) is 16.5. The number of nitrogens with one attached hydrogen (secondary N) is 1. The zero-order valence-electron chi connectivity index (χ0n) is 12.3. The fourth-order valence-corrected chi connectivity index (χ4v) is 1.93. The molecular formula is C14H13N3O5S. The third-order valence-electron chi connectivity index (χ3n) is 2.73. The number of nitrogens with zero attached hydrogens (tertiary/aromatic N) is 2. The van der Waals surface area contributed by atoms with Crippen LogP contribution in [0.3, 0.4) is 0 Å². The molecular weight excluding hydrogens is 322 g/mol. The van der Waals surface area contributed by atoms with Crippen LogP contribution < -0.4 is 4.74 Å². The second kappa shape index (κ2) is 6.50. The van der Waals surface area contributed by atoms with E-state index in [1.54, 1.807) is 32.0 Å². The molecule has 8 nitrogen and oxygen atoms in total. The van der Waals surface area contributed by atoms with Gasteiger partial charge in [0.15, 0.2) is 0 Å². The first-order valence-corrected chi connectivity index (χ1v) is 8.03. The highest BCUT2D eigenvalue weighted by atomic mass is 32.2. The molecule has 0 saturated heterocycles. The molecule has 0 aliphatic rings. The van der Waals surface area contributed by atoms with Crippen molar-refractivity contribution in [1.29, 1.82) is 0 Å². The van der Waals surface area contributed by atoms with Gasteiger partial charge in [0.2, 0.25) is 15.5 Å². The summed E-state index contributed by atoms with van der Waals surface area (Å²) in [6, 6.07) is 6.26. The SMILES string of the molecule is CC(C)S(=O)(=O)C#Cc1cccc(Oc2[nH]nnc2C(=O)O)c1. The molecule has 0 spiro atoms. The maximum absolute atomic E-state index is 11.7. The third-order valence-corrected chi connectivity index (χ3v) is 4.36. The fraction of sp³-hybridized carbons (Fsp3) is 0.214. The van der Waals surface area contributed by atoms with Crippen molar-refractivity contribution in [2.24, 2.45) is 0 Å². The lowest BCUT2D eigenvalue weighted by molar-refractivity contribution is 0.0687. The van der Waals surface area contributed by atoms with Gasteiger partial charge in [-0.05, 0) is 38.0 Å². The van der Waals surface area contributed by atoms with Crippen LogP contribution in [0.4, 0.5) is 0 Å². The van der Waals surface area contributed by atoms with Crippen molar-refractivity contribution in [3.8, 4) is 22.8 Å². The quantitative estimate of drug-likeness (QED) is 0.810.